The zero-order chi connectivity index (χ0) is 13.1. The lowest BCUT2D eigenvalue weighted by atomic mass is 9.99. The van der Waals surface area contributed by atoms with Crippen LogP contribution in [0.2, 0.25) is 0 Å². The van der Waals surface area contributed by atoms with Crippen molar-refractivity contribution < 1.29 is 0 Å². The predicted molar refractivity (Wildman–Crippen MR) is 79.1 cm³/mol. The smallest absolute Gasteiger partial charge is 0.0213 e. The van der Waals surface area contributed by atoms with Crippen LogP contribution in [0.3, 0.4) is 0 Å². The molecule has 1 heteroatoms. The summed E-state index contributed by atoms with van der Waals surface area (Å²) in [6.45, 7) is 7.79. The molecule has 4 unspecified atom stereocenters. The summed E-state index contributed by atoms with van der Waals surface area (Å²) < 4.78 is 0. The number of hydrogen-bond acceptors (Lipinski definition) is 1. The van der Waals surface area contributed by atoms with Crippen molar-refractivity contribution in [2.75, 3.05) is 0 Å². The lowest BCUT2D eigenvalue weighted by Crippen LogP contribution is -2.23. The molecule has 0 heterocycles. The molecule has 3 aliphatic carbocycles. The van der Waals surface area contributed by atoms with E-state index in [0.717, 1.165) is 36.3 Å². The van der Waals surface area contributed by atoms with E-state index >= 15 is 0 Å². The predicted octanol–water partition coefficient (Wildman–Crippen LogP) is 3.75. The molecule has 3 aliphatic rings. The number of hydrogen-bond donors (Lipinski definition) is 1. The minimum Gasteiger partial charge on any atom is -0.309 e. The van der Waals surface area contributed by atoms with Crippen LogP contribution in [0.25, 0.3) is 0 Å². The number of nitrogens with one attached hydrogen (secondary N) is 1. The van der Waals surface area contributed by atoms with Gasteiger partial charge in [-0.15, -0.1) is 0 Å². The molecule has 0 aliphatic heterocycles. The van der Waals surface area contributed by atoms with Crippen LogP contribution in [0.4, 0.5) is 0 Å². The van der Waals surface area contributed by atoms with Crippen LogP contribution in [0.1, 0.15) is 41.5 Å². The Balaban J connectivity index is 1.44. The summed E-state index contributed by atoms with van der Waals surface area (Å²) in [6.07, 6.45) is 4.59. The minimum absolute atomic E-state index is 0.853. The molecule has 0 amide bonds. The summed E-state index contributed by atoms with van der Waals surface area (Å²) in [6, 6.07) is 5.49. The number of rotatable bonds is 3. The van der Waals surface area contributed by atoms with Crippen LogP contribution >= 0.6 is 0 Å². The molecule has 3 saturated carbocycles. The van der Waals surface area contributed by atoms with E-state index < -0.39 is 0 Å². The first kappa shape index (κ1) is 12.0. The van der Waals surface area contributed by atoms with E-state index in [9.17, 15) is 0 Å². The summed E-state index contributed by atoms with van der Waals surface area (Å²) >= 11 is 0. The van der Waals surface area contributed by atoms with Gasteiger partial charge < -0.3 is 5.32 Å². The summed E-state index contributed by atoms with van der Waals surface area (Å²) in [4.78, 5) is 0. The van der Waals surface area contributed by atoms with Gasteiger partial charge in [-0.1, -0.05) is 17.7 Å². The van der Waals surface area contributed by atoms with Crippen LogP contribution in [0.15, 0.2) is 12.1 Å². The van der Waals surface area contributed by atoms with Gasteiger partial charge in [-0.3, -0.25) is 0 Å². The monoisotopic (exact) mass is 255 g/mol. The maximum absolute atomic E-state index is 3.88. The third kappa shape index (κ3) is 1.78. The van der Waals surface area contributed by atoms with Gasteiger partial charge in [0.1, 0.15) is 0 Å². The van der Waals surface area contributed by atoms with Gasteiger partial charge in [-0.2, -0.15) is 0 Å². The standard InChI is InChI=1S/C18H25N/c1-10-6-11(2)15(12(3)7-10)9-19-18-16-13-4-5-14(8-13)17(16)18/h6-7,13-14,16-19H,4-5,8-9H2,1-3H3. The molecule has 4 rings (SSSR count). The Morgan fingerprint density at radius 3 is 2.16 bits per heavy atom. The number of benzene rings is 1. The second-order valence-corrected chi connectivity index (χ2v) is 7.27. The summed E-state index contributed by atoms with van der Waals surface area (Å²) in [5, 5.41) is 3.88. The van der Waals surface area contributed by atoms with Gasteiger partial charge in [0.15, 0.2) is 0 Å². The van der Waals surface area contributed by atoms with Gasteiger partial charge in [0.25, 0.3) is 0 Å². The Labute approximate surface area is 116 Å². The molecular weight excluding hydrogens is 230 g/mol. The fourth-order valence-corrected chi connectivity index (χ4v) is 5.31. The van der Waals surface area contributed by atoms with Crippen molar-refractivity contribution in [3.63, 3.8) is 0 Å². The van der Waals surface area contributed by atoms with Crippen molar-refractivity contribution in [2.45, 2.75) is 52.6 Å². The molecule has 0 aromatic heterocycles. The van der Waals surface area contributed by atoms with Gasteiger partial charge in [-0.25, -0.2) is 0 Å². The number of fused-ring (bicyclic) bond motifs is 5. The van der Waals surface area contributed by atoms with E-state index in [2.05, 4.69) is 38.2 Å². The maximum Gasteiger partial charge on any atom is 0.0213 e. The van der Waals surface area contributed by atoms with Crippen molar-refractivity contribution in [1.82, 2.24) is 5.32 Å². The SMILES string of the molecule is Cc1cc(C)c(CNC2C3C4CCC(C4)C23)c(C)c1. The topological polar surface area (TPSA) is 12.0 Å². The van der Waals surface area contributed by atoms with Crippen molar-refractivity contribution in [2.24, 2.45) is 23.7 Å². The normalized spacial score (nSPS) is 38.6. The first-order valence-electron chi connectivity index (χ1n) is 7.95. The van der Waals surface area contributed by atoms with Gasteiger partial charge in [-0.05, 0) is 80.4 Å². The summed E-state index contributed by atoms with van der Waals surface area (Å²) in [7, 11) is 0. The minimum atomic E-state index is 0.853. The highest BCUT2D eigenvalue weighted by atomic mass is 15.0. The Bertz CT molecular complexity index is 479. The molecule has 2 bridgehead atoms. The second-order valence-electron chi connectivity index (χ2n) is 7.27. The molecule has 1 nitrogen and oxygen atoms in total. The Morgan fingerprint density at radius 2 is 1.58 bits per heavy atom. The van der Waals surface area contributed by atoms with Gasteiger partial charge in [0.05, 0.1) is 0 Å². The van der Waals surface area contributed by atoms with Crippen LogP contribution in [-0.2, 0) is 6.54 Å². The molecule has 1 N–H and O–H groups in total. The average Bonchev–Trinajstić information content (AvgIpc) is 2.75. The van der Waals surface area contributed by atoms with Crippen molar-refractivity contribution >= 4 is 0 Å². The maximum atomic E-state index is 3.88. The first-order chi connectivity index (χ1) is 9.15. The second kappa shape index (κ2) is 4.09. The van der Waals surface area contributed by atoms with Gasteiger partial charge >= 0.3 is 0 Å². The Morgan fingerprint density at radius 1 is 1.00 bits per heavy atom. The fourth-order valence-electron chi connectivity index (χ4n) is 5.31. The third-order valence-electron chi connectivity index (χ3n) is 6.09. The average molecular weight is 255 g/mol. The zero-order valence-electron chi connectivity index (χ0n) is 12.4. The number of aryl methyl sites for hydroxylation is 3. The molecule has 3 fully saturated rings. The highest BCUT2D eigenvalue weighted by molar-refractivity contribution is 5.37. The third-order valence-corrected chi connectivity index (χ3v) is 6.09. The molecule has 0 radical (unpaired) electrons. The van der Waals surface area contributed by atoms with Crippen LogP contribution < -0.4 is 5.32 Å². The van der Waals surface area contributed by atoms with E-state index in [1.807, 2.05) is 0 Å². The molecular formula is C18H25N. The summed E-state index contributed by atoms with van der Waals surface area (Å²) in [5.74, 6) is 4.25. The molecule has 19 heavy (non-hydrogen) atoms. The summed E-state index contributed by atoms with van der Waals surface area (Å²) in [5.41, 5.74) is 5.83. The van der Waals surface area contributed by atoms with E-state index in [1.54, 1.807) is 6.42 Å². The largest absolute Gasteiger partial charge is 0.309 e. The molecule has 0 saturated heterocycles. The molecule has 0 spiro atoms. The van der Waals surface area contributed by atoms with Crippen molar-refractivity contribution in [3.8, 4) is 0 Å². The Kier molecular flexibility index (Phi) is 2.57. The molecule has 4 atom stereocenters. The first-order valence-corrected chi connectivity index (χ1v) is 7.95. The van der Waals surface area contributed by atoms with Crippen molar-refractivity contribution in [1.29, 1.82) is 0 Å². The molecule has 1 aromatic rings. The quantitative estimate of drug-likeness (QED) is 0.867. The molecule has 102 valence electrons. The van der Waals surface area contributed by atoms with E-state index in [-0.39, 0.29) is 0 Å². The van der Waals surface area contributed by atoms with E-state index in [1.165, 1.54) is 35.1 Å². The van der Waals surface area contributed by atoms with Crippen LogP contribution in [-0.4, -0.2) is 6.04 Å². The van der Waals surface area contributed by atoms with Crippen LogP contribution in [0.5, 0.6) is 0 Å². The van der Waals surface area contributed by atoms with E-state index in [0.29, 0.717) is 0 Å². The van der Waals surface area contributed by atoms with Gasteiger partial charge in [0.2, 0.25) is 0 Å². The highest BCUT2D eigenvalue weighted by Crippen LogP contribution is 2.65. The molecule has 1 aromatic carbocycles. The zero-order valence-corrected chi connectivity index (χ0v) is 12.4. The lowest BCUT2D eigenvalue weighted by Gasteiger charge is -2.14. The Hall–Kier alpha value is -0.820. The van der Waals surface area contributed by atoms with Gasteiger partial charge in [0, 0.05) is 12.6 Å². The van der Waals surface area contributed by atoms with Crippen LogP contribution in [0, 0.1) is 44.4 Å². The van der Waals surface area contributed by atoms with E-state index in [4.69, 9.17) is 0 Å². The lowest BCUT2D eigenvalue weighted by molar-refractivity contribution is 0.456. The highest BCUT2D eigenvalue weighted by Gasteiger charge is 2.64. The van der Waals surface area contributed by atoms with Crippen molar-refractivity contribution in [3.05, 3.63) is 34.4 Å². The fraction of sp³-hybridized carbons (Fsp3) is 0.667.